The first-order valence-electron chi connectivity index (χ1n) is 8.13. The zero-order valence-electron chi connectivity index (χ0n) is 15.0. The molecule has 0 aliphatic heterocycles. The summed E-state index contributed by atoms with van der Waals surface area (Å²) in [4.78, 5) is 40.3. The van der Waals surface area contributed by atoms with E-state index in [9.17, 15) is 14.4 Å². The number of carboxylic acid groups (broad SMARTS) is 1. The molecule has 0 aliphatic rings. The molecule has 0 aliphatic carbocycles. The summed E-state index contributed by atoms with van der Waals surface area (Å²) in [6, 6.07) is 7.73. The average molecular weight is 637 g/mol. The normalized spacial score (nSPS) is 10.5. The third kappa shape index (κ3) is 5.42. The Bertz CT molecular complexity index is 1200. The van der Waals surface area contributed by atoms with Gasteiger partial charge in [-0.1, -0.05) is 27.5 Å². The molecule has 0 saturated carbocycles. The van der Waals surface area contributed by atoms with Crippen molar-refractivity contribution in [3.63, 3.8) is 0 Å². The minimum Gasteiger partial charge on any atom is -0.464 e. The molecule has 0 saturated heterocycles. The molecule has 10 nitrogen and oxygen atoms in total. The quantitative estimate of drug-likeness (QED) is 0.314. The van der Waals surface area contributed by atoms with Crippen molar-refractivity contribution in [1.29, 1.82) is 0 Å². The number of amides is 3. The van der Waals surface area contributed by atoms with Crippen LogP contribution in [0.15, 0.2) is 50.1 Å². The highest BCUT2D eigenvalue weighted by Crippen LogP contribution is 2.32. The first-order chi connectivity index (χ1) is 14.7. The van der Waals surface area contributed by atoms with E-state index in [1.165, 1.54) is 23.0 Å². The summed E-state index contributed by atoms with van der Waals surface area (Å²) in [6.07, 6.45) is 0.0517. The molecule has 2 aromatic heterocycles. The first-order valence-corrected chi connectivity index (χ1v) is 10.9. The van der Waals surface area contributed by atoms with Crippen molar-refractivity contribution in [2.24, 2.45) is 0 Å². The molecular formula is C17H10Br3ClN6O4. The molecule has 0 fully saturated rings. The SMILES string of the molecule is O=C(O)NNC(=O)c1cc(Br)cc(Br)c1NC(=O)c1cc(Br)nn1-c1ncccc1Cl. The number of rotatable bonds is 4. The summed E-state index contributed by atoms with van der Waals surface area (Å²) in [7, 11) is 0. The Morgan fingerprint density at radius 1 is 1.06 bits per heavy atom. The summed E-state index contributed by atoms with van der Waals surface area (Å²) < 4.78 is 2.50. The van der Waals surface area contributed by atoms with Crippen LogP contribution in [0.5, 0.6) is 0 Å². The van der Waals surface area contributed by atoms with Gasteiger partial charge in [0.2, 0.25) is 0 Å². The standard InChI is InChI=1S/C17H10Br3ClN6O4/c18-7-4-8(15(28)24-25-17(30)31)13(9(19)5-7)23-16(29)11-6-12(20)26-27(11)14-10(21)2-1-3-22-14/h1-6,25H,(H,23,29)(H,24,28)(H,30,31). The molecule has 3 rings (SSSR count). The lowest BCUT2D eigenvalue weighted by Crippen LogP contribution is -2.41. The van der Waals surface area contributed by atoms with Crippen LogP contribution in [0.4, 0.5) is 10.5 Å². The number of hydrazine groups is 1. The minimum atomic E-state index is -1.45. The lowest BCUT2D eigenvalue weighted by molar-refractivity contribution is 0.0927. The Kier molecular flexibility index (Phi) is 7.30. The smallest absolute Gasteiger partial charge is 0.423 e. The van der Waals surface area contributed by atoms with E-state index in [0.29, 0.717) is 13.5 Å². The summed E-state index contributed by atoms with van der Waals surface area (Å²) in [6.45, 7) is 0. The highest BCUT2D eigenvalue weighted by molar-refractivity contribution is 9.11. The molecule has 0 bridgehead atoms. The van der Waals surface area contributed by atoms with E-state index in [0.717, 1.165) is 0 Å². The number of nitrogens with one attached hydrogen (secondary N) is 3. The second kappa shape index (κ2) is 9.77. The highest BCUT2D eigenvalue weighted by atomic mass is 79.9. The van der Waals surface area contributed by atoms with Crippen LogP contribution < -0.4 is 16.2 Å². The zero-order chi connectivity index (χ0) is 22.7. The number of aromatic nitrogens is 3. The van der Waals surface area contributed by atoms with Crippen molar-refractivity contribution in [2.75, 3.05) is 5.32 Å². The maximum atomic E-state index is 13.1. The molecule has 1 aromatic carbocycles. The lowest BCUT2D eigenvalue weighted by atomic mass is 10.1. The van der Waals surface area contributed by atoms with E-state index in [2.05, 4.69) is 63.2 Å². The van der Waals surface area contributed by atoms with Crippen molar-refractivity contribution in [1.82, 2.24) is 25.6 Å². The Morgan fingerprint density at radius 2 is 1.81 bits per heavy atom. The molecule has 0 atom stereocenters. The summed E-state index contributed by atoms with van der Waals surface area (Å²) in [5.41, 5.74) is 3.96. The number of anilines is 1. The van der Waals surface area contributed by atoms with E-state index in [1.54, 1.807) is 23.6 Å². The van der Waals surface area contributed by atoms with Crippen LogP contribution >= 0.6 is 59.4 Å². The van der Waals surface area contributed by atoms with Gasteiger partial charge in [-0.2, -0.15) is 5.10 Å². The fourth-order valence-electron chi connectivity index (χ4n) is 2.44. The van der Waals surface area contributed by atoms with Crippen molar-refractivity contribution in [3.8, 4) is 5.82 Å². The van der Waals surface area contributed by atoms with Crippen LogP contribution in [-0.2, 0) is 0 Å². The molecule has 31 heavy (non-hydrogen) atoms. The van der Waals surface area contributed by atoms with Gasteiger partial charge in [0.15, 0.2) is 5.82 Å². The molecule has 14 heteroatoms. The Balaban J connectivity index is 1.99. The van der Waals surface area contributed by atoms with Gasteiger partial charge in [-0.05, 0) is 56.1 Å². The van der Waals surface area contributed by atoms with Crippen LogP contribution in [0, 0.1) is 0 Å². The molecule has 0 unspecified atom stereocenters. The van der Waals surface area contributed by atoms with Crippen LogP contribution in [0.1, 0.15) is 20.8 Å². The lowest BCUT2D eigenvalue weighted by Gasteiger charge is -2.14. The van der Waals surface area contributed by atoms with E-state index in [-0.39, 0.29) is 27.8 Å². The monoisotopic (exact) mass is 634 g/mol. The third-order valence-electron chi connectivity index (χ3n) is 3.67. The Morgan fingerprint density at radius 3 is 2.48 bits per heavy atom. The molecule has 0 spiro atoms. The number of hydrogen-bond donors (Lipinski definition) is 4. The summed E-state index contributed by atoms with van der Waals surface area (Å²) in [5.74, 6) is -1.18. The summed E-state index contributed by atoms with van der Waals surface area (Å²) in [5, 5.41) is 15.8. The van der Waals surface area contributed by atoms with Gasteiger partial charge in [-0.3, -0.25) is 15.0 Å². The predicted molar refractivity (Wildman–Crippen MR) is 122 cm³/mol. The first kappa shape index (κ1) is 23.2. The van der Waals surface area contributed by atoms with Gasteiger partial charge in [-0.25, -0.2) is 19.9 Å². The molecule has 3 aromatic rings. The highest BCUT2D eigenvalue weighted by Gasteiger charge is 2.23. The van der Waals surface area contributed by atoms with E-state index < -0.39 is 17.9 Å². The fraction of sp³-hybridized carbons (Fsp3) is 0. The largest absolute Gasteiger partial charge is 0.464 e. The second-order valence-corrected chi connectivity index (χ2v) is 8.71. The topological polar surface area (TPSA) is 138 Å². The van der Waals surface area contributed by atoms with Gasteiger partial charge in [0.05, 0.1) is 16.3 Å². The second-order valence-electron chi connectivity index (χ2n) is 5.72. The molecule has 4 N–H and O–H groups in total. The average Bonchev–Trinajstić information content (AvgIpc) is 3.09. The van der Waals surface area contributed by atoms with Gasteiger partial charge in [0.1, 0.15) is 10.3 Å². The Labute approximate surface area is 204 Å². The van der Waals surface area contributed by atoms with Crippen LogP contribution in [0.25, 0.3) is 5.82 Å². The molecule has 3 amide bonds. The number of hydrogen-bond acceptors (Lipinski definition) is 5. The van der Waals surface area contributed by atoms with Crippen LogP contribution in [0.3, 0.4) is 0 Å². The number of halogens is 4. The van der Waals surface area contributed by atoms with Crippen LogP contribution in [-0.4, -0.2) is 37.8 Å². The molecule has 2 heterocycles. The Hall–Kier alpha value is -2.48. The predicted octanol–water partition coefficient (Wildman–Crippen LogP) is 4.37. The number of nitrogens with zero attached hydrogens (tertiary/aromatic N) is 3. The molecule has 0 radical (unpaired) electrons. The number of pyridine rings is 1. The number of carbonyl (C=O) groups excluding carboxylic acids is 2. The van der Waals surface area contributed by atoms with Gasteiger partial charge in [0, 0.05) is 21.2 Å². The zero-order valence-corrected chi connectivity index (χ0v) is 20.5. The summed E-state index contributed by atoms with van der Waals surface area (Å²) >= 11 is 16.0. The van der Waals surface area contributed by atoms with Crippen LogP contribution in [0.2, 0.25) is 5.02 Å². The maximum absolute atomic E-state index is 13.1. The molecular weight excluding hydrogens is 627 g/mol. The van der Waals surface area contributed by atoms with Crippen molar-refractivity contribution in [3.05, 3.63) is 66.4 Å². The molecule has 160 valence electrons. The maximum Gasteiger partial charge on any atom is 0.423 e. The van der Waals surface area contributed by atoms with Gasteiger partial charge in [0.25, 0.3) is 11.8 Å². The minimum absolute atomic E-state index is 0.00986. The fourth-order valence-corrected chi connectivity index (χ4v) is 4.34. The van der Waals surface area contributed by atoms with Crippen molar-refractivity contribution >= 4 is 83.0 Å². The van der Waals surface area contributed by atoms with Gasteiger partial charge < -0.3 is 10.4 Å². The van der Waals surface area contributed by atoms with E-state index in [1.807, 2.05) is 5.43 Å². The van der Waals surface area contributed by atoms with Gasteiger partial charge in [-0.15, -0.1) is 0 Å². The number of carbonyl (C=O) groups is 3. The number of benzene rings is 1. The van der Waals surface area contributed by atoms with Gasteiger partial charge >= 0.3 is 6.09 Å². The van der Waals surface area contributed by atoms with E-state index in [4.69, 9.17) is 16.7 Å². The third-order valence-corrected chi connectivity index (χ3v) is 5.44. The van der Waals surface area contributed by atoms with Crippen molar-refractivity contribution in [2.45, 2.75) is 0 Å². The van der Waals surface area contributed by atoms with E-state index >= 15 is 0 Å². The van der Waals surface area contributed by atoms with Crippen molar-refractivity contribution < 1.29 is 19.5 Å².